The highest BCUT2D eigenvalue weighted by atomic mass is 19.4. The topological polar surface area (TPSA) is 0 Å². The van der Waals surface area contributed by atoms with Crippen LogP contribution in [0.4, 0.5) is 22.0 Å². The molecule has 3 aromatic rings. The summed E-state index contributed by atoms with van der Waals surface area (Å²) in [4.78, 5) is 0. The predicted octanol–water partition coefficient (Wildman–Crippen LogP) is 7.18. The van der Waals surface area contributed by atoms with E-state index < -0.39 is 23.4 Å². The first-order valence-corrected chi connectivity index (χ1v) is 8.15. The molecule has 0 bridgehead atoms. The van der Waals surface area contributed by atoms with Crippen LogP contribution in [-0.2, 0) is 0 Å². The van der Waals surface area contributed by atoms with Crippen molar-refractivity contribution >= 4 is 6.08 Å². The molecule has 0 atom stereocenters. The summed E-state index contributed by atoms with van der Waals surface area (Å²) < 4.78 is 64.8. The lowest BCUT2D eigenvalue weighted by molar-refractivity contribution is -0.0790. The Morgan fingerprint density at radius 2 is 1.07 bits per heavy atom. The second-order valence-electron chi connectivity index (χ2n) is 6.17. The van der Waals surface area contributed by atoms with Crippen LogP contribution in [0.3, 0.4) is 0 Å². The maximum absolute atomic E-state index is 14.1. The van der Waals surface area contributed by atoms with Gasteiger partial charge in [0.05, 0.1) is 0 Å². The summed E-state index contributed by atoms with van der Waals surface area (Å²) in [6.07, 6.45) is -4.43. The molecule has 0 N–H and O–H groups in total. The van der Waals surface area contributed by atoms with Gasteiger partial charge in [0.2, 0.25) is 0 Å². The second-order valence-corrected chi connectivity index (χ2v) is 6.17. The summed E-state index contributed by atoms with van der Waals surface area (Å²) in [7, 11) is 0. The van der Waals surface area contributed by atoms with Crippen LogP contribution in [0.2, 0.25) is 0 Å². The van der Waals surface area contributed by atoms with Gasteiger partial charge in [0, 0.05) is 11.6 Å². The molecule has 3 rings (SSSR count). The van der Waals surface area contributed by atoms with E-state index in [1.54, 1.807) is 12.1 Å². The zero-order valence-electron chi connectivity index (χ0n) is 14.3. The zero-order valence-corrected chi connectivity index (χ0v) is 14.3. The van der Waals surface area contributed by atoms with Crippen molar-refractivity contribution in [3.63, 3.8) is 0 Å². The van der Waals surface area contributed by atoms with Crippen LogP contribution in [0, 0.1) is 18.6 Å². The van der Waals surface area contributed by atoms with E-state index in [0.717, 1.165) is 28.8 Å². The van der Waals surface area contributed by atoms with E-state index in [0.29, 0.717) is 11.6 Å². The fraction of sp³-hybridized carbons (Fsp3) is 0.0909. The Hall–Kier alpha value is -2.95. The van der Waals surface area contributed by atoms with Crippen LogP contribution in [0.15, 0.2) is 66.7 Å². The van der Waals surface area contributed by atoms with Crippen LogP contribution in [0.1, 0.15) is 11.1 Å². The molecule has 0 aliphatic rings. The van der Waals surface area contributed by atoms with Crippen molar-refractivity contribution in [2.24, 2.45) is 0 Å². The number of aryl methyl sites for hydroxylation is 1. The molecule has 0 fully saturated rings. The average Bonchev–Trinajstić information content (AvgIpc) is 2.61. The third kappa shape index (κ3) is 4.61. The number of hydrogen-bond acceptors (Lipinski definition) is 0. The standard InChI is InChI=1S/C22H15F5/c1-14-2-4-15(5-3-14)16-6-8-17(9-7-16)18-12-20(23)19(21(24)13-18)10-11-22(25,26)27/h2-13H,1H3. The minimum absolute atomic E-state index is 0.190. The Bertz CT molecular complexity index is 942. The molecule has 0 amide bonds. The monoisotopic (exact) mass is 374 g/mol. The molecule has 138 valence electrons. The minimum Gasteiger partial charge on any atom is -0.206 e. The van der Waals surface area contributed by atoms with Crippen molar-refractivity contribution in [1.29, 1.82) is 0 Å². The molecular weight excluding hydrogens is 359 g/mol. The smallest absolute Gasteiger partial charge is 0.206 e. The number of alkyl halides is 3. The van der Waals surface area contributed by atoms with Crippen LogP contribution in [-0.4, -0.2) is 6.18 Å². The molecule has 0 aliphatic heterocycles. The third-order valence-corrected chi connectivity index (χ3v) is 4.12. The molecule has 3 aromatic carbocycles. The summed E-state index contributed by atoms with van der Waals surface area (Å²) in [6.45, 7) is 1.99. The molecule has 27 heavy (non-hydrogen) atoms. The SMILES string of the molecule is Cc1ccc(-c2ccc(-c3cc(F)c(C=CC(F)(F)F)c(F)c3)cc2)cc1. The van der Waals surface area contributed by atoms with Crippen LogP contribution >= 0.6 is 0 Å². The molecule has 0 saturated carbocycles. The quantitative estimate of drug-likeness (QED) is 0.426. The Balaban J connectivity index is 1.90. The maximum atomic E-state index is 14.1. The summed E-state index contributed by atoms with van der Waals surface area (Å²) in [5, 5.41) is 0. The first-order valence-electron chi connectivity index (χ1n) is 8.15. The van der Waals surface area contributed by atoms with Gasteiger partial charge in [0.15, 0.2) is 0 Å². The number of halogens is 5. The number of hydrogen-bond donors (Lipinski definition) is 0. The van der Waals surface area contributed by atoms with E-state index in [9.17, 15) is 22.0 Å². The fourth-order valence-electron chi connectivity index (χ4n) is 2.69. The number of benzene rings is 3. The Kier molecular flexibility index (Phi) is 5.13. The predicted molar refractivity (Wildman–Crippen MR) is 97.1 cm³/mol. The van der Waals surface area contributed by atoms with Crippen LogP contribution in [0.25, 0.3) is 28.3 Å². The highest BCUT2D eigenvalue weighted by molar-refractivity contribution is 5.71. The van der Waals surface area contributed by atoms with Crippen molar-refractivity contribution in [2.75, 3.05) is 0 Å². The molecule has 0 unspecified atom stereocenters. The lowest BCUT2D eigenvalue weighted by Gasteiger charge is -2.08. The molecule has 0 radical (unpaired) electrons. The Morgan fingerprint density at radius 3 is 1.52 bits per heavy atom. The molecule has 0 spiro atoms. The Morgan fingerprint density at radius 1 is 0.667 bits per heavy atom. The van der Waals surface area contributed by atoms with Crippen molar-refractivity contribution in [2.45, 2.75) is 13.1 Å². The fourth-order valence-corrected chi connectivity index (χ4v) is 2.69. The van der Waals surface area contributed by atoms with E-state index in [2.05, 4.69) is 0 Å². The third-order valence-electron chi connectivity index (χ3n) is 4.12. The van der Waals surface area contributed by atoms with Gasteiger partial charge in [-0.2, -0.15) is 13.2 Å². The molecule has 0 saturated heterocycles. The van der Waals surface area contributed by atoms with Crippen molar-refractivity contribution in [3.8, 4) is 22.3 Å². The highest BCUT2D eigenvalue weighted by Crippen LogP contribution is 2.29. The van der Waals surface area contributed by atoms with E-state index in [1.165, 1.54) is 0 Å². The normalized spacial score (nSPS) is 11.9. The van der Waals surface area contributed by atoms with Crippen LogP contribution < -0.4 is 0 Å². The zero-order chi connectivity index (χ0) is 19.6. The van der Waals surface area contributed by atoms with Gasteiger partial charge < -0.3 is 0 Å². The first-order chi connectivity index (χ1) is 12.7. The molecule has 0 aromatic heterocycles. The lowest BCUT2D eigenvalue weighted by Crippen LogP contribution is -2.01. The summed E-state index contributed by atoms with van der Waals surface area (Å²) in [5.41, 5.74) is 3.20. The molecule has 0 aliphatic carbocycles. The van der Waals surface area contributed by atoms with Gasteiger partial charge in [-0.1, -0.05) is 54.1 Å². The lowest BCUT2D eigenvalue weighted by atomic mass is 9.98. The van der Waals surface area contributed by atoms with E-state index in [1.807, 2.05) is 43.3 Å². The molecular formula is C22H15F5. The average molecular weight is 374 g/mol. The van der Waals surface area contributed by atoms with Gasteiger partial charge in [0.25, 0.3) is 0 Å². The van der Waals surface area contributed by atoms with Gasteiger partial charge >= 0.3 is 6.18 Å². The number of rotatable bonds is 3. The van der Waals surface area contributed by atoms with E-state index >= 15 is 0 Å². The number of allylic oxidation sites excluding steroid dienone is 1. The van der Waals surface area contributed by atoms with Gasteiger partial charge in [0.1, 0.15) is 11.6 Å². The second kappa shape index (κ2) is 7.35. The van der Waals surface area contributed by atoms with Crippen molar-refractivity contribution in [3.05, 3.63) is 89.5 Å². The van der Waals surface area contributed by atoms with Gasteiger partial charge in [-0.05, 0) is 47.4 Å². The summed E-state index contributed by atoms with van der Waals surface area (Å²) in [5.74, 6) is -2.10. The first kappa shape index (κ1) is 18.8. The van der Waals surface area contributed by atoms with Gasteiger partial charge in [-0.15, -0.1) is 0 Å². The largest absolute Gasteiger partial charge is 0.409 e. The molecule has 0 nitrogen and oxygen atoms in total. The Labute approximate surface area is 153 Å². The molecule has 5 heteroatoms. The highest BCUT2D eigenvalue weighted by Gasteiger charge is 2.23. The van der Waals surface area contributed by atoms with Crippen LogP contribution in [0.5, 0.6) is 0 Å². The van der Waals surface area contributed by atoms with E-state index in [-0.39, 0.29) is 11.6 Å². The maximum Gasteiger partial charge on any atom is 0.409 e. The minimum atomic E-state index is -4.64. The molecule has 0 heterocycles. The van der Waals surface area contributed by atoms with Gasteiger partial charge in [-0.25, -0.2) is 8.78 Å². The van der Waals surface area contributed by atoms with Gasteiger partial charge in [-0.3, -0.25) is 0 Å². The van der Waals surface area contributed by atoms with Crippen molar-refractivity contribution < 1.29 is 22.0 Å². The summed E-state index contributed by atoms with van der Waals surface area (Å²) in [6, 6.07) is 17.1. The van der Waals surface area contributed by atoms with E-state index in [4.69, 9.17) is 0 Å². The summed E-state index contributed by atoms with van der Waals surface area (Å²) >= 11 is 0. The van der Waals surface area contributed by atoms with Crippen molar-refractivity contribution in [1.82, 2.24) is 0 Å².